The zero-order valence-electron chi connectivity index (χ0n) is 17.5. The number of halogens is 1. The summed E-state index contributed by atoms with van der Waals surface area (Å²) in [6.45, 7) is 3.20. The molecule has 0 atom stereocenters. The number of hydrogen-bond acceptors (Lipinski definition) is 6. The van der Waals surface area contributed by atoms with Gasteiger partial charge in [0, 0.05) is 24.3 Å². The molecule has 170 valence electrons. The van der Waals surface area contributed by atoms with Gasteiger partial charge in [-0.1, -0.05) is 29.8 Å². The summed E-state index contributed by atoms with van der Waals surface area (Å²) in [5, 5.41) is 0.376. The fourth-order valence-electron chi connectivity index (χ4n) is 3.84. The first-order valence-corrected chi connectivity index (χ1v) is 12.4. The third-order valence-corrected chi connectivity index (χ3v) is 6.74. The highest BCUT2D eigenvalue weighted by molar-refractivity contribution is 7.60. The van der Waals surface area contributed by atoms with Crippen molar-refractivity contribution in [3.63, 3.8) is 0 Å². The Morgan fingerprint density at radius 1 is 1.06 bits per heavy atom. The van der Waals surface area contributed by atoms with Gasteiger partial charge >= 0.3 is 7.60 Å². The minimum absolute atomic E-state index is 0.111. The molecule has 0 saturated carbocycles. The van der Waals surface area contributed by atoms with Crippen molar-refractivity contribution in [3.05, 3.63) is 65.3 Å². The molecule has 0 radical (unpaired) electrons. The Morgan fingerprint density at radius 2 is 1.82 bits per heavy atom. The molecule has 2 aliphatic heterocycles. The lowest BCUT2D eigenvalue weighted by Gasteiger charge is -2.28. The van der Waals surface area contributed by atoms with Crippen LogP contribution in [0.25, 0.3) is 11.3 Å². The quantitative estimate of drug-likeness (QED) is 0.543. The summed E-state index contributed by atoms with van der Waals surface area (Å²) in [6, 6.07) is 15.7. The molecule has 3 heterocycles. The number of pyridine rings is 1. The highest BCUT2D eigenvalue weighted by Crippen LogP contribution is 2.37. The largest absolute Gasteiger partial charge is 0.443 e. The summed E-state index contributed by atoms with van der Waals surface area (Å²) in [6.07, 6.45) is 0.353. The summed E-state index contributed by atoms with van der Waals surface area (Å²) in [7, 11) is -4.37. The standard InChI is InChI=1S/C23H21ClN3O5P/c24-19-13-20-21(14-22(25-20)32-17-2-1-3-18(12-17)33(28,29)30)26-23(19)15-4-6-16(7-5-15)27-8-10-31-11-9-27/h1-7,12-13H,8-11,14H2,(H2,28,29,30). The number of rotatable bonds is 4. The molecule has 10 heteroatoms. The predicted molar refractivity (Wildman–Crippen MR) is 127 cm³/mol. The number of hydrogen-bond donors (Lipinski definition) is 2. The predicted octanol–water partition coefficient (Wildman–Crippen LogP) is 3.71. The highest BCUT2D eigenvalue weighted by Gasteiger charge is 2.23. The molecule has 0 bridgehead atoms. The van der Waals surface area contributed by atoms with Gasteiger partial charge in [0.1, 0.15) is 5.75 Å². The molecule has 1 fully saturated rings. The fourth-order valence-corrected chi connectivity index (χ4v) is 4.67. The lowest BCUT2D eigenvalue weighted by molar-refractivity contribution is 0.122. The summed E-state index contributed by atoms with van der Waals surface area (Å²) in [5.41, 5.74) is 4.06. The summed E-state index contributed by atoms with van der Waals surface area (Å²) >= 11 is 6.52. The van der Waals surface area contributed by atoms with E-state index >= 15 is 0 Å². The molecule has 0 spiro atoms. The summed E-state index contributed by atoms with van der Waals surface area (Å²) < 4.78 is 22.7. The van der Waals surface area contributed by atoms with Crippen LogP contribution < -0.4 is 14.9 Å². The Balaban J connectivity index is 1.34. The van der Waals surface area contributed by atoms with Crippen molar-refractivity contribution in [2.24, 2.45) is 4.99 Å². The van der Waals surface area contributed by atoms with Gasteiger partial charge in [-0.2, -0.15) is 0 Å². The molecule has 1 saturated heterocycles. The van der Waals surface area contributed by atoms with E-state index in [-0.39, 0.29) is 5.30 Å². The van der Waals surface area contributed by atoms with Crippen molar-refractivity contribution in [1.82, 2.24) is 4.98 Å². The van der Waals surface area contributed by atoms with Gasteiger partial charge in [0.2, 0.25) is 5.90 Å². The van der Waals surface area contributed by atoms with Crippen molar-refractivity contribution in [2.45, 2.75) is 6.42 Å². The van der Waals surface area contributed by atoms with E-state index in [0.29, 0.717) is 34.5 Å². The van der Waals surface area contributed by atoms with Gasteiger partial charge in [0.15, 0.2) is 0 Å². The van der Waals surface area contributed by atoms with Gasteiger partial charge in [-0.25, -0.2) is 9.98 Å². The molecule has 1 aromatic heterocycles. The fraction of sp³-hybridized carbons (Fsp3) is 0.217. The molecule has 33 heavy (non-hydrogen) atoms. The molecule has 0 amide bonds. The second-order valence-electron chi connectivity index (χ2n) is 7.76. The minimum Gasteiger partial charge on any atom is -0.443 e. The van der Waals surface area contributed by atoms with Crippen molar-refractivity contribution in [1.29, 1.82) is 0 Å². The number of anilines is 1. The zero-order chi connectivity index (χ0) is 23.0. The van der Waals surface area contributed by atoms with E-state index in [1.807, 2.05) is 12.1 Å². The molecular formula is C23H21ClN3O5P. The van der Waals surface area contributed by atoms with Crippen LogP contribution >= 0.6 is 19.2 Å². The van der Waals surface area contributed by atoms with Crippen LogP contribution in [0, 0.1) is 0 Å². The topological polar surface area (TPSA) is 104 Å². The van der Waals surface area contributed by atoms with Crippen LogP contribution in [0.2, 0.25) is 5.02 Å². The second-order valence-corrected chi connectivity index (χ2v) is 9.77. The molecule has 2 aromatic carbocycles. The van der Waals surface area contributed by atoms with Crippen LogP contribution in [-0.4, -0.2) is 47.0 Å². The van der Waals surface area contributed by atoms with Gasteiger partial charge in [-0.3, -0.25) is 4.57 Å². The van der Waals surface area contributed by atoms with Crippen LogP contribution in [0.5, 0.6) is 5.75 Å². The van der Waals surface area contributed by atoms with Gasteiger partial charge in [-0.05, 0) is 36.4 Å². The smallest absolute Gasteiger partial charge is 0.356 e. The molecule has 2 N–H and O–H groups in total. The zero-order valence-corrected chi connectivity index (χ0v) is 19.2. The number of benzene rings is 2. The Bertz CT molecular complexity index is 1270. The van der Waals surface area contributed by atoms with Crippen molar-refractivity contribution < 1.29 is 23.8 Å². The third kappa shape index (κ3) is 4.81. The molecule has 8 nitrogen and oxygen atoms in total. The first-order chi connectivity index (χ1) is 15.9. The van der Waals surface area contributed by atoms with Crippen molar-refractivity contribution >= 4 is 41.8 Å². The Hall–Kier alpha value is -2.74. The molecular weight excluding hydrogens is 465 g/mol. The van der Waals surface area contributed by atoms with Crippen molar-refractivity contribution in [3.8, 4) is 17.0 Å². The van der Waals surface area contributed by atoms with E-state index in [4.69, 9.17) is 26.1 Å². The average Bonchev–Trinajstić information content (AvgIpc) is 3.20. The number of ether oxygens (including phenoxy) is 2. The summed E-state index contributed by atoms with van der Waals surface area (Å²) in [4.78, 5) is 30.2. The minimum atomic E-state index is -4.37. The van der Waals surface area contributed by atoms with E-state index in [1.54, 1.807) is 12.1 Å². The number of aliphatic imine (C=N–C) groups is 1. The molecule has 2 aliphatic rings. The van der Waals surface area contributed by atoms with Gasteiger partial charge in [0.05, 0.1) is 47.0 Å². The number of morpholine rings is 1. The number of fused-ring (bicyclic) bond motifs is 1. The van der Waals surface area contributed by atoms with E-state index in [9.17, 15) is 14.4 Å². The van der Waals surface area contributed by atoms with Gasteiger partial charge in [0.25, 0.3) is 0 Å². The van der Waals surface area contributed by atoms with Gasteiger partial charge < -0.3 is 24.2 Å². The monoisotopic (exact) mass is 485 g/mol. The number of aromatic nitrogens is 1. The van der Waals surface area contributed by atoms with Crippen LogP contribution in [0.4, 0.5) is 11.4 Å². The molecule has 5 rings (SSSR count). The van der Waals surface area contributed by atoms with Crippen molar-refractivity contribution in [2.75, 3.05) is 31.2 Å². The second kappa shape index (κ2) is 8.89. The molecule has 3 aromatic rings. The third-order valence-electron chi connectivity index (χ3n) is 5.50. The van der Waals surface area contributed by atoms with Crippen LogP contribution in [0.1, 0.15) is 5.69 Å². The first-order valence-electron chi connectivity index (χ1n) is 10.4. The van der Waals surface area contributed by atoms with E-state index < -0.39 is 7.60 Å². The Morgan fingerprint density at radius 3 is 2.55 bits per heavy atom. The van der Waals surface area contributed by atoms with Gasteiger partial charge in [-0.15, -0.1) is 0 Å². The van der Waals surface area contributed by atoms with E-state index in [2.05, 4.69) is 22.0 Å². The van der Waals surface area contributed by atoms with Crippen LogP contribution in [0.15, 0.2) is 59.6 Å². The highest BCUT2D eigenvalue weighted by atomic mass is 35.5. The molecule has 0 aliphatic carbocycles. The Labute approximate surface area is 195 Å². The van der Waals surface area contributed by atoms with Crippen LogP contribution in [-0.2, 0) is 15.7 Å². The number of nitrogens with zero attached hydrogens (tertiary/aromatic N) is 3. The molecule has 0 unspecified atom stereocenters. The first kappa shape index (κ1) is 22.1. The maximum absolute atomic E-state index is 11.5. The lowest BCUT2D eigenvalue weighted by atomic mass is 10.1. The summed E-state index contributed by atoms with van der Waals surface area (Å²) in [5.74, 6) is 0.684. The normalized spacial score (nSPS) is 15.8. The lowest BCUT2D eigenvalue weighted by Crippen LogP contribution is -2.36. The average molecular weight is 486 g/mol. The maximum atomic E-state index is 11.5. The SMILES string of the molecule is O=P(O)(O)c1cccc(OC2=Nc3cc(Cl)c(-c4ccc(N5CCOCC5)cc4)nc3C2)c1. The maximum Gasteiger partial charge on any atom is 0.356 e. The van der Waals surface area contributed by atoms with Crippen LogP contribution in [0.3, 0.4) is 0 Å². The van der Waals surface area contributed by atoms with E-state index in [1.165, 1.54) is 18.2 Å². The Kier molecular flexibility index (Phi) is 5.95. The van der Waals surface area contributed by atoms with E-state index in [0.717, 1.165) is 43.2 Å².